The SMILES string of the molecule is CC1=[C-]C(C)C(C)=C1C.Cc1cc(C)cc(O)c1.[Cl-].[Cl-].[Ti+]=[C](c1ccccc1)c1ccccc1. The van der Waals surface area contributed by atoms with Gasteiger partial charge in [0, 0.05) is 0 Å². The molecule has 4 rings (SSSR count). The molecule has 0 spiro atoms. The van der Waals surface area contributed by atoms with Gasteiger partial charge in [-0.2, -0.15) is 11.1 Å². The number of rotatable bonds is 2. The number of benzene rings is 3. The van der Waals surface area contributed by atoms with Gasteiger partial charge in [0.05, 0.1) is 0 Å². The van der Waals surface area contributed by atoms with Crippen LogP contribution in [0, 0.1) is 25.8 Å². The van der Waals surface area contributed by atoms with Crippen molar-refractivity contribution < 1.29 is 49.9 Å². The summed E-state index contributed by atoms with van der Waals surface area (Å²) >= 11 is 2.16. The molecule has 1 N–H and O–H groups in total. The number of aromatic hydroxyl groups is 1. The van der Waals surface area contributed by atoms with Gasteiger partial charge in [0.15, 0.2) is 0 Å². The van der Waals surface area contributed by atoms with Crippen LogP contribution in [0.1, 0.15) is 49.9 Å². The van der Waals surface area contributed by atoms with E-state index in [1.807, 2.05) is 32.0 Å². The molecule has 0 aromatic heterocycles. The van der Waals surface area contributed by atoms with Crippen LogP contribution in [0.2, 0.25) is 0 Å². The van der Waals surface area contributed by atoms with E-state index < -0.39 is 0 Å². The quantitative estimate of drug-likeness (QED) is 0.396. The molecule has 1 aliphatic rings. The van der Waals surface area contributed by atoms with Gasteiger partial charge in [0.25, 0.3) is 0 Å². The molecule has 1 unspecified atom stereocenters. The van der Waals surface area contributed by atoms with Crippen molar-refractivity contribution in [2.24, 2.45) is 5.92 Å². The average molecular weight is 528 g/mol. The number of hydrogen-bond donors (Lipinski definition) is 1. The number of halogens is 2. The summed E-state index contributed by atoms with van der Waals surface area (Å²) in [6.07, 6.45) is 3.36. The Balaban J connectivity index is 0.000000485. The summed E-state index contributed by atoms with van der Waals surface area (Å²) in [4.78, 5) is 0. The molecule has 0 saturated heterocycles. The van der Waals surface area contributed by atoms with E-state index in [0.717, 1.165) is 11.1 Å². The van der Waals surface area contributed by atoms with Gasteiger partial charge in [0.2, 0.25) is 0 Å². The monoisotopic (exact) mass is 527 g/mol. The third-order valence-corrected chi connectivity index (χ3v) is 6.47. The van der Waals surface area contributed by atoms with Crippen LogP contribution >= 0.6 is 0 Å². The summed E-state index contributed by atoms with van der Waals surface area (Å²) in [5.41, 5.74) is 9.03. The van der Waals surface area contributed by atoms with Crippen molar-refractivity contribution in [2.45, 2.75) is 41.5 Å². The van der Waals surface area contributed by atoms with Crippen molar-refractivity contribution in [2.75, 3.05) is 0 Å². The number of phenols is 1. The van der Waals surface area contributed by atoms with Crippen LogP contribution in [0.4, 0.5) is 0 Å². The molecular formula is C30H33Cl2OTi-2. The van der Waals surface area contributed by atoms with E-state index in [-0.39, 0.29) is 24.8 Å². The number of aryl methyl sites for hydroxylation is 2. The Bertz CT molecular complexity index is 1010. The van der Waals surface area contributed by atoms with Crippen molar-refractivity contribution in [3.05, 3.63) is 124 Å². The van der Waals surface area contributed by atoms with Crippen LogP contribution in [0.3, 0.4) is 0 Å². The Hall–Kier alpha value is -1.90. The predicted octanol–water partition coefficient (Wildman–Crippen LogP) is 1.54. The maximum atomic E-state index is 8.99. The second-order valence-corrected chi connectivity index (χ2v) is 9.03. The van der Waals surface area contributed by atoms with Gasteiger partial charge in [-0.1, -0.05) is 32.8 Å². The first-order valence-electron chi connectivity index (χ1n) is 10.9. The fourth-order valence-electron chi connectivity index (χ4n) is 3.49. The topological polar surface area (TPSA) is 20.2 Å². The summed E-state index contributed by atoms with van der Waals surface area (Å²) in [5.74, 6) is 0.914. The third-order valence-electron chi connectivity index (χ3n) is 5.57. The number of hydrogen-bond acceptors (Lipinski definition) is 1. The molecule has 179 valence electrons. The summed E-state index contributed by atoms with van der Waals surface area (Å²) in [6, 6.07) is 26.5. The maximum absolute atomic E-state index is 8.99. The van der Waals surface area contributed by atoms with Crippen molar-refractivity contribution in [3.8, 4) is 5.75 Å². The predicted molar refractivity (Wildman–Crippen MR) is 134 cm³/mol. The second-order valence-electron chi connectivity index (χ2n) is 8.25. The van der Waals surface area contributed by atoms with Crippen molar-refractivity contribution in [1.29, 1.82) is 0 Å². The van der Waals surface area contributed by atoms with Crippen molar-refractivity contribution in [3.63, 3.8) is 0 Å². The molecule has 4 heteroatoms. The van der Waals surface area contributed by atoms with Crippen LogP contribution in [-0.2, 0) is 20.0 Å². The molecule has 0 heterocycles. The molecule has 0 bridgehead atoms. The van der Waals surface area contributed by atoms with E-state index in [2.05, 4.69) is 102 Å². The van der Waals surface area contributed by atoms with Gasteiger partial charge >= 0.3 is 95.6 Å². The molecule has 0 amide bonds. The first kappa shape index (κ1) is 32.1. The molecule has 0 saturated carbocycles. The van der Waals surface area contributed by atoms with Gasteiger partial charge in [0.1, 0.15) is 5.75 Å². The molecule has 34 heavy (non-hydrogen) atoms. The zero-order chi connectivity index (χ0) is 23.7. The van der Waals surface area contributed by atoms with Crippen LogP contribution in [0.25, 0.3) is 0 Å². The number of allylic oxidation sites excluding steroid dienone is 4. The third kappa shape index (κ3) is 10.2. The zero-order valence-electron chi connectivity index (χ0n) is 20.8. The Labute approximate surface area is 229 Å². The van der Waals surface area contributed by atoms with E-state index in [1.54, 1.807) is 12.1 Å². The summed E-state index contributed by atoms with van der Waals surface area (Å²) in [5, 5.41) is 8.99. The molecule has 1 atom stereocenters. The standard InChI is InChI=1S/C13H10.C9H13.C8H10O.2ClH.Ti/c1-3-7-12(8-4-1)11-13-9-5-2-6-10-13;1-6-5-7(2)9(4)8(6)3;1-6-3-7(2)5-8(9)4-6;;;/h1-10H;6H,1-4H3;3-5,9H,1-2H3;2*1H;/q;-1;;;;+1/p-2. The Morgan fingerprint density at radius 1 is 0.735 bits per heavy atom. The Kier molecular flexibility index (Phi) is 15.0. The van der Waals surface area contributed by atoms with Crippen LogP contribution in [0.5, 0.6) is 5.75 Å². The molecule has 1 nitrogen and oxygen atoms in total. The zero-order valence-corrected chi connectivity index (χ0v) is 23.9. The first-order chi connectivity index (χ1) is 15.2. The average Bonchev–Trinajstić information content (AvgIpc) is 2.99. The van der Waals surface area contributed by atoms with Crippen LogP contribution in [-0.4, -0.2) is 8.92 Å². The summed E-state index contributed by atoms with van der Waals surface area (Å²) < 4.78 is 1.33. The fraction of sp³-hybridized carbons (Fsp3) is 0.233. The molecule has 3 aromatic rings. The van der Waals surface area contributed by atoms with Crippen LogP contribution < -0.4 is 24.8 Å². The number of phenolic OH excluding ortho intramolecular Hbond substituents is 1. The van der Waals surface area contributed by atoms with Gasteiger partial charge in [-0.15, -0.1) is 6.92 Å². The van der Waals surface area contributed by atoms with E-state index in [4.69, 9.17) is 5.11 Å². The molecule has 1 aliphatic carbocycles. The van der Waals surface area contributed by atoms with Gasteiger partial charge in [-0.3, -0.25) is 6.08 Å². The Morgan fingerprint density at radius 2 is 1.15 bits per heavy atom. The molecule has 3 aromatic carbocycles. The van der Waals surface area contributed by atoms with Gasteiger partial charge in [-0.25, -0.2) is 5.57 Å². The second kappa shape index (κ2) is 15.9. The van der Waals surface area contributed by atoms with E-state index >= 15 is 0 Å². The molecule has 0 aliphatic heterocycles. The first-order valence-corrected chi connectivity index (χ1v) is 11.7. The normalized spacial score (nSPS) is 13.8. The molecular weight excluding hydrogens is 495 g/mol. The molecule has 0 fully saturated rings. The molecule has 0 radical (unpaired) electrons. The van der Waals surface area contributed by atoms with E-state index in [9.17, 15) is 0 Å². The van der Waals surface area contributed by atoms with Gasteiger partial charge < -0.3 is 29.9 Å². The van der Waals surface area contributed by atoms with E-state index in [0.29, 0.717) is 11.7 Å². The minimum atomic E-state index is 0. The van der Waals surface area contributed by atoms with Crippen molar-refractivity contribution >= 4 is 3.81 Å². The Morgan fingerprint density at radius 3 is 1.41 bits per heavy atom. The summed E-state index contributed by atoms with van der Waals surface area (Å²) in [7, 11) is 0. The van der Waals surface area contributed by atoms with Crippen LogP contribution in [0.15, 0.2) is 95.6 Å². The summed E-state index contributed by atoms with van der Waals surface area (Å²) in [6.45, 7) is 12.6. The fourth-order valence-corrected chi connectivity index (χ4v) is 4.01. The van der Waals surface area contributed by atoms with E-state index in [1.165, 1.54) is 31.7 Å². The van der Waals surface area contributed by atoms with Gasteiger partial charge in [-0.05, 0) is 37.1 Å². The minimum absolute atomic E-state index is 0. The van der Waals surface area contributed by atoms with Crippen molar-refractivity contribution in [1.82, 2.24) is 0 Å².